The Kier molecular flexibility index (Phi) is 3.49. The summed E-state index contributed by atoms with van der Waals surface area (Å²) in [6, 6.07) is 0. The Balaban J connectivity index is 2.55. The van der Waals surface area contributed by atoms with Crippen LogP contribution in [-0.2, 0) is 23.8 Å². The summed E-state index contributed by atoms with van der Waals surface area (Å²) >= 11 is 0. The number of carbonyl (C=O) groups is 1. The number of esters is 1. The maximum absolute atomic E-state index is 11.1. The third-order valence-corrected chi connectivity index (χ3v) is 2.58. The van der Waals surface area contributed by atoms with Crippen molar-refractivity contribution in [3.05, 3.63) is 0 Å². The van der Waals surface area contributed by atoms with E-state index < -0.39 is 22.2 Å². The average Bonchev–Trinajstić information content (AvgIpc) is 2.83. The predicted molar refractivity (Wildman–Crippen MR) is 49.1 cm³/mol. The van der Waals surface area contributed by atoms with E-state index in [0.717, 1.165) is 19.1 Å². The van der Waals surface area contributed by atoms with Crippen LogP contribution in [0.25, 0.3) is 0 Å². The monoisotopic (exact) mass is 222 g/mol. The van der Waals surface area contributed by atoms with Crippen LogP contribution in [0, 0.1) is 5.92 Å². The van der Waals surface area contributed by atoms with E-state index in [0.29, 0.717) is 12.3 Å². The minimum absolute atomic E-state index is 0.404. The van der Waals surface area contributed by atoms with Gasteiger partial charge in [0.25, 0.3) is 10.1 Å². The summed E-state index contributed by atoms with van der Waals surface area (Å²) in [5, 5.41) is 0. The summed E-state index contributed by atoms with van der Waals surface area (Å²) in [5.41, 5.74) is 0. The summed E-state index contributed by atoms with van der Waals surface area (Å²) in [6.45, 7) is 0. The highest BCUT2D eigenvalue weighted by atomic mass is 32.2. The molecule has 1 aliphatic carbocycles. The molecule has 14 heavy (non-hydrogen) atoms. The molecule has 1 saturated carbocycles. The van der Waals surface area contributed by atoms with Crippen molar-refractivity contribution in [3.63, 3.8) is 0 Å². The van der Waals surface area contributed by atoms with Crippen LogP contribution in [0.15, 0.2) is 0 Å². The molecule has 1 atom stereocenters. The van der Waals surface area contributed by atoms with Gasteiger partial charge in [0.1, 0.15) is 0 Å². The first-order valence-corrected chi connectivity index (χ1v) is 6.20. The van der Waals surface area contributed by atoms with Gasteiger partial charge >= 0.3 is 5.97 Å². The molecule has 1 fully saturated rings. The SMILES string of the molecule is COC(=O)[C@@H](CC1CC1)OS(C)(=O)=O. The van der Waals surface area contributed by atoms with Crippen LogP contribution in [0.2, 0.25) is 0 Å². The molecular weight excluding hydrogens is 208 g/mol. The first-order chi connectivity index (χ1) is 6.42. The number of ether oxygens (including phenoxy) is 1. The molecule has 0 amide bonds. The zero-order valence-electron chi connectivity index (χ0n) is 8.23. The van der Waals surface area contributed by atoms with Crippen molar-refractivity contribution in [1.29, 1.82) is 0 Å². The number of hydrogen-bond acceptors (Lipinski definition) is 5. The van der Waals surface area contributed by atoms with Gasteiger partial charge in [-0.15, -0.1) is 0 Å². The van der Waals surface area contributed by atoms with Crippen LogP contribution in [0.3, 0.4) is 0 Å². The van der Waals surface area contributed by atoms with E-state index in [1.54, 1.807) is 0 Å². The minimum atomic E-state index is -3.60. The number of hydrogen-bond donors (Lipinski definition) is 0. The Bertz CT molecular complexity index is 304. The standard InChI is InChI=1S/C8H14O5S/c1-12-8(9)7(5-6-3-4-6)13-14(2,10)11/h6-7H,3-5H2,1-2H3/t7-/m1/s1. The molecule has 82 valence electrons. The van der Waals surface area contributed by atoms with E-state index in [2.05, 4.69) is 8.92 Å². The lowest BCUT2D eigenvalue weighted by atomic mass is 10.2. The lowest BCUT2D eigenvalue weighted by Gasteiger charge is -2.12. The number of methoxy groups -OCH3 is 1. The summed E-state index contributed by atoms with van der Waals surface area (Å²) in [5.74, 6) is -0.219. The van der Waals surface area contributed by atoms with Crippen molar-refractivity contribution >= 4 is 16.1 Å². The molecule has 5 nitrogen and oxygen atoms in total. The molecule has 0 bridgehead atoms. The second kappa shape index (κ2) is 4.27. The first kappa shape index (κ1) is 11.5. The van der Waals surface area contributed by atoms with Crippen LogP contribution in [-0.4, -0.2) is 33.9 Å². The number of rotatable bonds is 5. The fourth-order valence-corrected chi connectivity index (χ4v) is 1.75. The van der Waals surface area contributed by atoms with Crippen molar-refractivity contribution in [2.45, 2.75) is 25.4 Å². The Morgan fingerprint density at radius 2 is 2.07 bits per heavy atom. The van der Waals surface area contributed by atoms with Crippen molar-refractivity contribution in [1.82, 2.24) is 0 Å². The first-order valence-electron chi connectivity index (χ1n) is 4.38. The van der Waals surface area contributed by atoms with E-state index in [4.69, 9.17) is 0 Å². The molecule has 0 aliphatic heterocycles. The van der Waals surface area contributed by atoms with E-state index in [9.17, 15) is 13.2 Å². The van der Waals surface area contributed by atoms with Gasteiger partial charge in [-0.3, -0.25) is 4.18 Å². The number of carbonyl (C=O) groups excluding carboxylic acids is 1. The fraction of sp³-hybridized carbons (Fsp3) is 0.875. The van der Waals surface area contributed by atoms with Crippen LogP contribution >= 0.6 is 0 Å². The Morgan fingerprint density at radius 3 is 2.43 bits per heavy atom. The van der Waals surface area contributed by atoms with Gasteiger partial charge in [0.05, 0.1) is 13.4 Å². The van der Waals surface area contributed by atoms with Crippen LogP contribution in [0.5, 0.6) is 0 Å². The molecule has 0 aromatic rings. The summed E-state index contributed by atoms with van der Waals surface area (Å²) in [6.07, 6.45) is 2.44. The van der Waals surface area contributed by atoms with Gasteiger partial charge in [0, 0.05) is 0 Å². The lowest BCUT2D eigenvalue weighted by molar-refractivity contribution is -0.149. The summed E-state index contributed by atoms with van der Waals surface area (Å²) in [4.78, 5) is 11.1. The van der Waals surface area contributed by atoms with Crippen molar-refractivity contribution in [3.8, 4) is 0 Å². The Hall–Kier alpha value is -0.620. The van der Waals surface area contributed by atoms with Crippen molar-refractivity contribution < 1.29 is 22.1 Å². The highest BCUT2D eigenvalue weighted by molar-refractivity contribution is 7.86. The molecule has 0 aromatic carbocycles. The highest BCUT2D eigenvalue weighted by Gasteiger charge is 2.32. The zero-order valence-corrected chi connectivity index (χ0v) is 9.04. The van der Waals surface area contributed by atoms with E-state index in [1.807, 2.05) is 0 Å². The quantitative estimate of drug-likeness (QED) is 0.494. The third kappa shape index (κ3) is 4.06. The highest BCUT2D eigenvalue weighted by Crippen LogP contribution is 2.34. The average molecular weight is 222 g/mol. The lowest BCUT2D eigenvalue weighted by Crippen LogP contribution is -2.28. The molecule has 0 spiro atoms. The largest absolute Gasteiger partial charge is 0.467 e. The van der Waals surface area contributed by atoms with Crippen molar-refractivity contribution in [2.24, 2.45) is 5.92 Å². The van der Waals surface area contributed by atoms with Gasteiger partial charge in [-0.05, 0) is 12.3 Å². The second-order valence-electron chi connectivity index (χ2n) is 3.49. The maximum atomic E-state index is 11.1. The second-order valence-corrected chi connectivity index (χ2v) is 5.09. The summed E-state index contributed by atoms with van der Waals surface area (Å²) < 4.78 is 30.8. The van der Waals surface area contributed by atoms with Gasteiger partial charge in [0.2, 0.25) is 0 Å². The zero-order chi connectivity index (χ0) is 10.8. The molecule has 0 N–H and O–H groups in total. The molecule has 1 aliphatic rings. The van der Waals surface area contributed by atoms with Gasteiger partial charge in [0.15, 0.2) is 6.10 Å². The van der Waals surface area contributed by atoms with Gasteiger partial charge in [-0.2, -0.15) is 8.42 Å². The molecular formula is C8H14O5S. The molecule has 0 radical (unpaired) electrons. The fourth-order valence-electron chi connectivity index (χ4n) is 1.17. The Morgan fingerprint density at radius 1 is 1.50 bits per heavy atom. The third-order valence-electron chi connectivity index (χ3n) is 2.00. The normalized spacial score (nSPS) is 19.0. The van der Waals surface area contributed by atoms with E-state index in [1.165, 1.54) is 7.11 Å². The summed E-state index contributed by atoms with van der Waals surface area (Å²) in [7, 11) is -2.38. The smallest absolute Gasteiger partial charge is 0.336 e. The molecule has 0 aromatic heterocycles. The van der Waals surface area contributed by atoms with Crippen molar-refractivity contribution in [2.75, 3.05) is 13.4 Å². The molecule has 1 rings (SSSR count). The molecule has 0 unspecified atom stereocenters. The minimum Gasteiger partial charge on any atom is -0.467 e. The predicted octanol–water partition coefficient (Wildman–Crippen LogP) is 0.304. The van der Waals surface area contributed by atoms with Crippen LogP contribution in [0.1, 0.15) is 19.3 Å². The van der Waals surface area contributed by atoms with Crippen LogP contribution in [0.4, 0.5) is 0 Å². The molecule has 0 saturated heterocycles. The van der Waals surface area contributed by atoms with E-state index in [-0.39, 0.29) is 0 Å². The van der Waals surface area contributed by atoms with Gasteiger partial charge in [-0.25, -0.2) is 4.79 Å². The molecule has 6 heteroatoms. The topological polar surface area (TPSA) is 69.7 Å². The Labute approximate surface area is 83.5 Å². The van der Waals surface area contributed by atoms with Gasteiger partial charge in [-0.1, -0.05) is 12.8 Å². The van der Waals surface area contributed by atoms with E-state index >= 15 is 0 Å². The molecule has 0 heterocycles. The maximum Gasteiger partial charge on any atom is 0.336 e. The van der Waals surface area contributed by atoms with Gasteiger partial charge < -0.3 is 4.74 Å². The van der Waals surface area contributed by atoms with Crippen LogP contribution < -0.4 is 0 Å².